The molecule has 0 saturated heterocycles. The monoisotopic (exact) mass is 311 g/mol. The van der Waals surface area contributed by atoms with E-state index in [0.717, 1.165) is 29.9 Å². The minimum atomic E-state index is -0.609. The third-order valence-corrected chi connectivity index (χ3v) is 3.79. The number of benzene rings is 1. The highest BCUT2D eigenvalue weighted by molar-refractivity contribution is 5.57. The number of rotatable bonds is 6. The Morgan fingerprint density at radius 1 is 1.26 bits per heavy atom. The molecule has 23 heavy (non-hydrogen) atoms. The van der Waals surface area contributed by atoms with E-state index < -0.39 is 6.10 Å². The smallest absolute Gasteiger partial charge is 0.167 e. The Bertz CT molecular complexity index is 757. The summed E-state index contributed by atoms with van der Waals surface area (Å²) in [6, 6.07) is 10.3. The predicted octanol–water partition coefficient (Wildman–Crippen LogP) is 3.59. The first-order chi connectivity index (χ1) is 11.2. The summed E-state index contributed by atoms with van der Waals surface area (Å²) in [4.78, 5) is 4.16. The number of aromatic nitrogens is 3. The molecule has 0 spiro atoms. The standard InChI is InChI=1S/C18H21N3O2/c1-3-4-14-5-7-15(8-6-14)17-11-16(20-23-17)12-21-10-9-19-18(21)13(2)22/h5-11,13,22H,3-4,12H2,1-2H3. The molecule has 3 aromatic rings. The maximum atomic E-state index is 9.70. The van der Waals surface area contributed by atoms with Crippen molar-refractivity contribution in [3.8, 4) is 11.3 Å². The van der Waals surface area contributed by atoms with Gasteiger partial charge in [0.25, 0.3) is 0 Å². The fourth-order valence-electron chi connectivity index (χ4n) is 2.64. The van der Waals surface area contributed by atoms with E-state index in [1.807, 2.05) is 16.8 Å². The molecule has 0 saturated carbocycles. The molecular formula is C18H21N3O2. The van der Waals surface area contributed by atoms with Gasteiger partial charge in [-0.25, -0.2) is 4.98 Å². The van der Waals surface area contributed by atoms with Crippen LogP contribution < -0.4 is 0 Å². The minimum Gasteiger partial charge on any atom is -0.385 e. The molecule has 1 atom stereocenters. The van der Waals surface area contributed by atoms with E-state index in [2.05, 4.69) is 41.3 Å². The van der Waals surface area contributed by atoms with Gasteiger partial charge in [-0.3, -0.25) is 0 Å². The Morgan fingerprint density at radius 3 is 2.74 bits per heavy atom. The molecule has 0 aliphatic heterocycles. The van der Waals surface area contributed by atoms with E-state index in [-0.39, 0.29) is 0 Å². The maximum Gasteiger partial charge on any atom is 0.167 e. The van der Waals surface area contributed by atoms with Crippen molar-refractivity contribution in [3.63, 3.8) is 0 Å². The molecule has 1 aromatic carbocycles. The average Bonchev–Trinajstić information content (AvgIpc) is 3.18. The van der Waals surface area contributed by atoms with Crippen molar-refractivity contribution >= 4 is 0 Å². The number of aliphatic hydroxyl groups is 1. The molecule has 120 valence electrons. The summed E-state index contributed by atoms with van der Waals surface area (Å²) >= 11 is 0. The van der Waals surface area contributed by atoms with Crippen molar-refractivity contribution in [1.29, 1.82) is 0 Å². The van der Waals surface area contributed by atoms with Crippen LogP contribution in [0.15, 0.2) is 47.2 Å². The van der Waals surface area contributed by atoms with Crippen molar-refractivity contribution in [2.75, 3.05) is 0 Å². The average molecular weight is 311 g/mol. The third kappa shape index (κ3) is 3.51. The van der Waals surface area contributed by atoms with E-state index in [1.165, 1.54) is 5.56 Å². The lowest BCUT2D eigenvalue weighted by molar-refractivity contribution is 0.184. The summed E-state index contributed by atoms with van der Waals surface area (Å²) in [5.74, 6) is 1.38. The number of nitrogens with zero attached hydrogens (tertiary/aromatic N) is 3. The fourth-order valence-corrected chi connectivity index (χ4v) is 2.64. The molecule has 0 aliphatic carbocycles. The summed E-state index contributed by atoms with van der Waals surface area (Å²) in [5.41, 5.74) is 3.15. The minimum absolute atomic E-state index is 0.525. The van der Waals surface area contributed by atoms with Crippen LogP contribution in [-0.2, 0) is 13.0 Å². The van der Waals surface area contributed by atoms with Crippen molar-refractivity contribution in [3.05, 3.63) is 59.8 Å². The molecule has 0 amide bonds. The SMILES string of the molecule is CCCc1ccc(-c2cc(Cn3ccnc3C(C)O)no2)cc1. The second-order valence-corrected chi connectivity index (χ2v) is 5.72. The van der Waals surface area contributed by atoms with E-state index in [4.69, 9.17) is 4.52 Å². The Kier molecular flexibility index (Phi) is 4.57. The van der Waals surface area contributed by atoms with Crippen molar-refractivity contribution in [2.45, 2.75) is 39.3 Å². The van der Waals surface area contributed by atoms with Crippen LogP contribution in [-0.4, -0.2) is 19.8 Å². The van der Waals surface area contributed by atoms with Gasteiger partial charge in [-0.05, 0) is 18.9 Å². The summed E-state index contributed by atoms with van der Waals surface area (Å²) in [6.07, 6.45) is 5.13. The van der Waals surface area contributed by atoms with Gasteiger partial charge in [-0.2, -0.15) is 0 Å². The van der Waals surface area contributed by atoms with Crippen LogP contribution in [0.3, 0.4) is 0 Å². The van der Waals surface area contributed by atoms with Gasteiger partial charge in [0.15, 0.2) is 5.76 Å². The zero-order valence-electron chi connectivity index (χ0n) is 13.4. The molecule has 2 aromatic heterocycles. The van der Waals surface area contributed by atoms with Crippen LogP contribution in [0, 0.1) is 0 Å². The van der Waals surface area contributed by atoms with Crippen LogP contribution in [0.1, 0.15) is 43.5 Å². The molecule has 5 heteroatoms. The zero-order valence-corrected chi connectivity index (χ0v) is 13.4. The highest BCUT2D eigenvalue weighted by Gasteiger charge is 2.12. The molecule has 2 heterocycles. The summed E-state index contributed by atoms with van der Waals surface area (Å²) in [5, 5.41) is 13.8. The Hall–Kier alpha value is -2.40. The van der Waals surface area contributed by atoms with Crippen LogP contribution in [0.2, 0.25) is 0 Å². The molecule has 5 nitrogen and oxygen atoms in total. The van der Waals surface area contributed by atoms with E-state index in [9.17, 15) is 5.11 Å². The molecule has 1 N–H and O–H groups in total. The highest BCUT2D eigenvalue weighted by atomic mass is 16.5. The highest BCUT2D eigenvalue weighted by Crippen LogP contribution is 2.22. The predicted molar refractivity (Wildman–Crippen MR) is 87.9 cm³/mol. The van der Waals surface area contributed by atoms with Gasteiger partial charge in [0.1, 0.15) is 17.6 Å². The Morgan fingerprint density at radius 2 is 2.04 bits per heavy atom. The lowest BCUT2D eigenvalue weighted by atomic mass is 10.1. The van der Waals surface area contributed by atoms with E-state index in [0.29, 0.717) is 12.4 Å². The lowest BCUT2D eigenvalue weighted by Gasteiger charge is -2.07. The van der Waals surface area contributed by atoms with Gasteiger partial charge >= 0.3 is 0 Å². The molecule has 1 unspecified atom stereocenters. The number of hydrogen-bond donors (Lipinski definition) is 1. The van der Waals surface area contributed by atoms with Gasteiger partial charge in [-0.1, -0.05) is 42.8 Å². The molecule has 0 bridgehead atoms. The van der Waals surface area contributed by atoms with Gasteiger partial charge in [0, 0.05) is 24.0 Å². The van der Waals surface area contributed by atoms with Crippen molar-refractivity contribution in [1.82, 2.24) is 14.7 Å². The topological polar surface area (TPSA) is 64.1 Å². The molecule has 0 aliphatic rings. The van der Waals surface area contributed by atoms with Crippen LogP contribution in [0.5, 0.6) is 0 Å². The maximum absolute atomic E-state index is 9.70. The normalized spacial score (nSPS) is 12.5. The van der Waals surface area contributed by atoms with Gasteiger partial charge < -0.3 is 14.2 Å². The first kappa shape index (κ1) is 15.5. The quantitative estimate of drug-likeness (QED) is 0.755. The summed E-state index contributed by atoms with van der Waals surface area (Å²) in [6.45, 7) is 4.40. The largest absolute Gasteiger partial charge is 0.385 e. The first-order valence-electron chi connectivity index (χ1n) is 7.91. The van der Waals surface area contributed by atoms with Gasteiger partial charge in [-0.15, -0.1) is 0 Å². The molecule has 0 radical (unpaired) electrons. The van der Waals surface area contributed by atoms with E-state index >= 15 is 0 Å². The van der Waals surface area contributed by atoms with Crippen LogP contribution in [0.4, 0.5) is 0 Å². The number of aryl methyl sites for hydroxylation is 1. The van der Waals surface area contributed by atoms with Crippen molar-refractivity contribution < 1.29 is 9.63 Å². The summed E-state index contributed by atoms with van der Waals surface area (Å²) < 4.78 is 7.33. The first-order valence-corrected chi connectivity index (χ1v) is 7.91. The Balaban J connectivity index is 1.76. The van der Waals surface area contributed by atoms with Crippen LogP contribution >= 0.6 is 0 Å². The number of hydrogen-bond acceptors (Lipinski definition) is 4. The van der Waals surface area contributed by atoms with Crippen molar-refractivity contribution in [2.24, 2.45) is 0 Å². The van der Waals surface area contributed by atoms with Gasteiger partial charge in [0.05, 0.1) is 6.54 Å². The van der Waals surface area contributed by atoms with Gasteiger partial charge in [0.2, 0.25) is 0 Å². The molecule has 0 fully saturated rings. The fraction of sp³-hybridized carbons (Fsp3) is 0.333. The second kappa shape index (κ2) is 6.79. The number of imidazole rings is 1. The lowest BCUT2D eigenvalue weighted by Crippen LogP contribution is -2.07. The molecular weight excluding hydrogens is 290 g/mol. The Labute approximate surface area is 135 Å². The van der Waals surface area contributed by atoms with Crippen LogP contribution in [0.25, 0.3) is 11.3 Å². The second-order valence-electron chi connectivity index (χ2n) is 5.72. The zero-order chi connectivity index (χ0) is 16.2. The van der Waals surface area contributed by atoms with E-state index in [1.54, 1.807) is 13.1 Å². The molecule has 3 rings (SSSR count). The number of aliphatic hydroxyl groups excluding tert-OH is 1. The summed E-state index contributed by atoms with van der Waals surface area (Å²) in [7, 11) is 0. The third-order valence-electron chi connectivity index (χ3n) is 3.79.